The van der Waals surface area contributed by atoms with Crippen molar-refractivity contribution in [1.82, 2.24) is 10.6 Å². The van der Waals surface area contributed by atoms with Crippen molar-refractivity contribution < 1.29 is 9.90 Å². The molecule has 0 radical (unpaired) electrons. The van der Waals surface area contributed by atoms with E-state index in [1.54, 1.807) is 0 Å². The van der Waals surface area contributed by atoms with Gasteiger partial charge in [0.1, 0.15) is 0 Å². The molecular formula is C7H14N2O2. The molecule has 1 atom stereocenters. The number of hydrogen-bond donors (Lipinski definition) is 3. The van der Waals surface area contributed by atoms with Gasteiger partial charge in [0, 0.05) is 32.2 Å². The third kappa shape index (κ3) is 2.86. The van der Waals surface area contributed by atoms with Gasteiger partial charge < -0.3 is 15.7 Å². The van der Waals surface area contributed by atoms with Gasteiger partial charge in [-0.1, -0.05) is 0 Å². The van der Waals surface area contributed by atoms with Crippen LogP contribution in [0.4, 0.5) is 0 Å². The number of rotatable bonds is 2. The van der Waals surface area contributed by atoms with E-state index in [9.17, 15) is 4.79 Å². The summed E-state index contributed by atoms with van der Waals surface area (Å²) >= 11 is 0. The van der Waals surface area contributed by atoms with Gasteiger partial charge in [0.05, 0.1) is 0 Å². The zero-order valence-electron chi connectivity index (χ0n) is 6.47. The van der Waals surface area contributed by atoms with Crippen LogP contribution in [0.2, 0.25) is 0 Å². The van der Waals surface area contributed by atoms with Gasteiger partial charge in [-0.15, -0.1) is 0 Å². The minimum Gasteiger partial charge on any atom is -0.396 e. The van der Waals surface area contributed by atoms with E-state index in [2.05, 4.69) is 10.6 Å². The minimum absolute atomic E-state index is 0.0953. The highest BCUT2D eigenvalue weighted by Gasteiger charge is 2.13. The second-order valence-corrected chi connectivity index (χ2v) is 2.72. The lowest BCUT2D eigenvalue weighted by Crippen LogP contribution is -2.36. The Morgan fingerprint density at radius 1 is 1.64 bits per heavy atom. The lowest BCUT2D eigenvalue weighted by molar-refractivity contribution is -0.120. The van der Waals surface area contributed by atoms with Crippen LogP contribution in [0.3, 0.4) is 0 Å². The van der Waals surface area contributed by atoms with Crippen LogP contribution in [-0.2, 0) is 4.79 Å². The quantitative estimate of drug-likeness (QED) is 0.475. The Labute approximate surface area is 66.0 Å². The molecule has 0 aromatic rings. The third-order valence-corrected chi connectivity index (χ3v) is 1.81. The molecule has 0 bridgehead atoms. The first kappa shape index (κ1) is 8.49. The maximum Gasteiger partial charge on any atom is 0.221 e. The van der Waals surface area contributed by atoms with E-state index in [-0.39, 0.29) is 18.6 Å². The van der Waals surface area contributed by atoms with Gasteiger partial charge in [0.2, 0.25) is 5.91 Å². The fraction of sp³-hybridized carbons (Fsp3) is 0.857. The van der Waals surface area contributed by atoms with Gasteiger partial charge in [-0.05, 0) is 6.42 Å². The van der Waals surface area contributed by atoms with E-state index in [0.717, 1.165) is 6.54 Å². The molecule has 0 aromatic heterocycles. The van der Waals surface area contributed by atoms with Crippen LogP contribution in [-0.4, -0.2) is 36.8 Å². The SMILES string of the molecule is O=C1CCNC(CCO)CN1. The van der Waals surface area contributed by atoms with E-state index in [4.69, 9.17) is 5.11 Å². The second kappa shape index (κ2) is 4.31. The molecule has 1 aliphatic rings. The highest BCUT2D eigenvalue weighted by atomic mass is 16.3. The molecule has 0 aliphatic carbocycles. The Kier molecular flexibility index (Phi) is 3.32. The molecule has 1 unspecified atom stereocenters. The van der Waals surface area contributed by atoms with Crippen LogP contribution < -0.4 is 10.6 Å². The molecule has 4 heteroatoms. The lowest BCUT2D eigenvalue weighted by atomic mass is 10.2. The first-order chi connectivity index (χ1) is 5.33. The molecule has 0 aromatic carbocycles. The third-order valence-electron chi connectivity index (χ3n) is 1.81. The maximum absolute atomic E-state index is 10.8. The fourth-order valence-electron chi connectivity index (χ4n) is 1.15. The Hall–Kier alpha value is -0.610. The zero-order valence-corrected chi connectivity index (χ0v) is 6.47. The molecule has 0 saturated carbocycles. The Morgan fingerprint density at radius 3 is 3.18 bits per heavy atom. The van der Waals surface area contributed by atoms with Crippen molar-refractivity contribution >= 4 is 5.91 Å². The summed E-state index contributed by atoms with van der Waals surface area (Å²) in [5.41, 5.74) is 0. The largest absolute Gasteiger partial charge is 0.396 e. The molecule has 0 spiro atoms. The van der Waals surface area contributed by atoms with Crippen molar-refractivity contribution in [2.45, 2.75) is 18.9 Å². The summed E-state index contributed by atoms with van der Waals surface area (Å²) in [5, 5.41) is 14.6. The monoisotopic (exact) mass is 158 g/mol. The molecule has 1 saturated heterocycles. The Balaban J connectivity index is 2.28. The summed E-state index contributed by atoms with van der Waals surface area (Å²) in [6.45, 7) is 1.53. The number of hydrogen-bond acceptors (Lipinski definition) is 3. The number of aliphatic hydroxyl groups excluding tert-OH is 1. The zero-order chi connectivity index (χ0) is 8.10. The average molecular weight is 158 g/mol. The summed E-state index contributed by atoms with van der Waals surface area (Å²) in [5.74, 6) is 0.0953. The molecule has 1 fully saturated rings. The van der Waals surface area contributed by atoms with Crippen LogP contribution in [0, 0.1) is 0 Å². The summed E-state index contributed by atoms with van der Waals surface area (Å²) in [4.78, 5) is 10.8. The van der Waals surface area contributed by atoms with E-state index in [1.165, 1.54) is 0 Å². The van der Waals surface area contributed by atoms with Crippen molar-refractivity contribution in [3.05, 3.63) is 0 Å². The van der Waals surface area contributed by atoms with E-state index < -0.39 is 0 Å². The molecule has 1 aliphatic heterocycles. The molecule has 1 amide bonds. The van der Waals surface area contributed by atoms with Crippen LogP contribution in [0.25, 0.3) is 0 Å². The predicted molar refractivity (Wildman–Crippen MR) is 41.1 cm³/mol. The molecule has 1 heterocycles. The Bertz CT molecular complexity index is 138. The summed E-state index contributed by atoms with van der Waals surface area (Å²) < 4.78 is 0. The van der Waals surface area contributed by atoms with Crippen molar-refractivity contribution in [1.29, 1.82) is 0 Å². The van der Waals surface area contributed by atoms with Crippen LogP contribution in [0.1, 0.15) is 12.8 Å². The van der Waals surface area contributed by atoms with E-state index >= 15 is 0 Å². The van der Waals surface area contributed by atoms with Crippen molar-refractivity contribution in [3.63, 3.8) is 0 Å². The summed E-state index contributed by atoms with van der Waals surface area (Å²) in [6, 6.07) is 0.242. The smallest absolute Gasteiger partial charge is 0.221 e. The van der Waals surface area contributed by atoms with Crippen molar-refractivity contribution in [3.8, 4) is 0 Å². The van der Waals surface area contributed by atoms with E-state index in [1.807, 2.05) is 0 Å². The normalized spacial score (nSPS) is 25.9. The highest BCUT2D eigenvalue weighted by Crippen LogP contribution is 1.94. The Morgan fingerprint density at radius 2 is 2.45 bits per heavy atom. The molecule has 4 nitrogen and oxygen atoms in total. The first-order valence-corrected chi connectivity index (χ1v) is 3.94. The van der Waals surface area contributed by atoms with Gasteiger partial charge in [0.15, 0.2) is 0 Å². The highest BCUT2D eigenvalue weighted by molar-refractivity contribution is 5.76. The molecule has 3 N–H and O–H groups in total. The van der Waals surface area contributed by atoms with Crippen molar-refractivity contribution in [2.75, 3.05) is 19.7 Å². The topological polar surface area (TPSA) is 61.4 Å². The summed E-state index contributed by atoms with van der Waals surface area (Å²) in [7, 11) is 0. The number of carbonyl (C=O) groups is 1. The summed E-state index contributed by atoms with van der Waals surface area (Å²) in [6.07, 6.45) is 1.25. The number of amides is 1. The van der Waals surface area contributed by atoms with Gasteiger partial charge in [-0.3, -0.25) is 4.79 Å². The van der Waals surface area contributed by atoms with Crippen LogP contribution in [0.5, 0.6) is 0 Å². The van der Waals surface area contributed by atoms with Gasteiger partial charge in [0.25, 0.3) is 0 Å². The van der Waals surface area contributed by atoms with Gasteiger partial charge >= 0.3 is 0 Å². The average Bonchev–Trinajstić information content (AvgIpc) is 2.17. The standard InChI is InChI=1S/C7H14N2O2/c10-4-2-6-5-9-7(11)1-3-8-6/h6,8,10H,1-5H2,(H,9,11). The number of aliphatic hydroxyl groups is 1. The number of carbonyl (C=O) groups excluding carboxylic acids is 1. The first-order valence-electron chi connectivity index (χ1n) is 3.94. The lowest BCUT2D eigenvalue weighted by Gasteiger charge is -2.12. The fourth-order valence-corrected chi connectivity index (χ4v) is 1.15. The van der Waals surface area contributed by atoms with Crippen LogP contribution in [0.15, 0.2) is 0 Å². The van der Waals surface area contributed by atoms with Gasteiger partial charge in [-0.25, -0.2) is 0 Å². The predicted octanol–water partition coefficient (Wildman–Crippen LogP) is -1.15. The molecule has 11 heavy (non-hydrogen) atoms. The maximum atomic E-state index is 10.8. The van der Waals surface area contributed by atoms with E-state index in [0.29, 0.717) is 19.4 Å². The number of nitrogens with one attached hydrogen (secondary N) is 2. The minimum atomic E-state index is 0.0953. The van der Waals surface area contributed by atoms with Crippen molar-refractivity contribution in [2.24, 2.45) is 0 Å². The molecule has 64 valence electrons. The van der Waals surface area contributed by atoms with Crippen LogP contribution >= 0.6 is 0 Å². The second-order valence-electron chi connectivity index (χ2n) is 2.72. The molecule has 1 rings (SSSR count). The molecular weight excluding hydrogens is 144 g/mol. The van der Waals surface area contributed by atoms with Gasteiger partial charge in [-0.2, -0.15) is 0 Å².